The monoisotopic (exact) mass is 306 g/mol. The average Bonchev–Trinajstić information content (AvgIpc) is 3.12. The topological polar surface area (TPSA) is 84.7 Å². The van der Waals surface area contributed by atoms with Gasteiger partial charge in [-0.05, 0) is 47.5 Å². The summed E-state index contributed by atoms with van der Waals surface area (Å²) in [7, 11) is 0. The van der Waals surface area contributed by atoms with Crippen molar-refractivity contribution in [1.29, 1.82) is 0 Å². The van der Waals surface area contributed by atoms with E-state index in [4.69, 9.17) is 11.6 Å². The normalized spacial score (nSPS) is 21.4. The van der Waals surface area contributed by atoms with Gasteiger partial charge in [0.15, 0.2) is 0 Å². The van der Waals surface area contributed by atoms with Crippen molar-refractivity contribution in [3.8, 4) is 5.69 Å². The molecular formula is C13H15ClN6O. The van der Waals surface area contributed by atoms with Crippen molar-refractivity contribution >= 4 is 23.2 Å². The molecule has 1 aromatic carbocycles. The standard InChI is InChI=1S/C13H15ClN6O/c1-8-4-5-15-12(8)13(21)17-11-6-9(2-3-10(11)14)20-7-16-18-19-20/h2-3,6-8,12,15H,4-5H2,1H3,(H,17,21). The fraction of sp³-hybridized carbons (Fsp3) is 0.385. The van der Waals surface area contributed by atoms with Crippen LogP contribution in [0.4, 0.5) is 5.69 Å². The Hall–Kier alpha value is -1.99. The molecule has 1 aromatic heterocycles. The first-order valence-electron chi connectivity index (χ1n) is 6.72. The molecule has 1 aliphatic rings. The van der Waals surface area contributed by atoms with E-state index < -0.39 is 0 Å². The van der Waals surface area contributed by atoms with Crippen molar-refractivity contribution in [1.82, 2.24) is 25.5 Å². The summed E-state index contributed by atoms with van der Waals surface area (Å²) in [6.45, 7) is 2.92. The number of tetrazole rings is 1. The van der Waals surface area contributed by atoms with Crippen LogP contribution in [0.2, 0.25) is 5.02 Å². The molecule has 110 valence electrons. The van der Waals surface area contributed by atoms with Gasteiger partial charge in [-0.15, -0.1) is 5.10 Å². The number of carbonyl (C=O) groups excluding carboxylic acids is 1. The Balaban J connectivity index is 1.81. The van der Waals surface area contributed by atoms with Crippen LogP contribution >= 0.6 is 11.6 Å². The lowest BCUT2D eigenvalue weighted by Crippen LogP contribution is -2.39. The van der Waals surface area contributed by atoms with Gasteiger partial charge in [0.1, 0.15) is 6.33 Å². The van der Waals surface area contributed by atoms with Crippen LogP contribution in [0.3, 0.4) is 0 Å². The van der Waals surface area contributed by atoms with Crippen molar-refractivity contribution in [2.24, 2.45) is 5.92 Å². The van der Waals surface area contributed by atoms with Crippen molar-refractivity contribution in [3.63, 3.8) is 0 Å². The van der Waals surface area contributed by atoms with Crippen LogP contribution in [0.1, 0.15) is 13.3 Å². The van der Waals surface area contributed by atoms with Gasteiger partial charge in [-0.25, -0.2) is 4.68 Å². The fourth-order valence-electron chi connectivity index (χ4n) is 2.43. The number of aromatic nitrogens is 4. The van der Waals surface area contributed by atoms with Crippen molar-refractivity contribution in [2.75, 3.05) is 11.9 Å². The molecule has 0 aliphatic carbocycles. The van der Waals surface area contributed by atoms with Crippen molar-refractivity contribution in [3.05, 3.63) is 29.5 Å². The summed E-state index contributed by atoms with van der Waals surface area (Å²) < 4.78 is 1.50. The predicted octanol–water partition coefficient (Wildman–Crippen LogP) is 1.25. The Bertz CT molecular complexity index is 644. The first-order chi connectivity index (χ1) is 10.1. The second-order valence-corrected chi connectivity index (χ2v) is 5.51. The third-order valence-electron chi connectivity index (χ3n) is 3.64. The molecule has 1 aliphatic heterocycles. The largest absolute Gasteiger partial charge is 0.323 e. The minimum atomic E-state index is -0.183. The van der Waals surface area contributed by atoms with E-state index in [0.717, 1.165) is 18.7 Å². The number of nitrogens with one attached hydrogen (secondary N) is 2. The van der Waals surface area contributed by atoms with Crippen LogP contribution < -0.4 is 10.6 Å². The molecule has 2 heterocycles. The molecule has 7 nitrogen and oxygen atoms in total. The van der Waals surface area contributed by atoms with Crippen molar-refractivity contribution < 1.29 is 4.79 Å². The summed E-state index contributed by atoms with van der Waals surface area (Å²) in [6, 6.07) is 5.05. The molecule has 21 heavy (non-hydrogen) atoms. The first-order valence-corrected chi connectivity index (χ1v) is 7.10. The minimum absolute atomic E-state index is 0.0734. The summed E-state index contributed by atoms with van der Waals surface area (Å²) in [5.41, 5.74) is 1.28. The van der Waals surface area contributed by atoms with Crippen LogP contribution in [-0.2, 0) is 4.79 Å². The molecule has 3 rings (SSSR count). The van der Waals surface area contributed by atoms with E-state index in [1.165, 1.54) is 11.0 Å². The smallest absolute Gasteiger partial charge is 0.241 e. The van der Waals surface area contributed by atoms with Gasteiger partial charge in [-0.2, -0.15) is 0 Å². The number of anilines is 1. The van der Waals surface area contributed by atoms with E-state index >= 15 is 0 Å². The molecule has 0 spiro atoms. The van der Waals surface area contributed by atoms with Crippen LogP contribution in [-0.4, -0.2) is 38.7 Å². The van der Waals surface area contributed by atoms with E-state index in [1.54, 1.807) is 18.2 Å². The fourth-order valence-corrected chi connectivity index (χ4v) is 2.59. The van der Waals surface area contributed by atoms with Gasteiger partial charge in [0.25, 0.3) is 0 Å². The molecule has 1 saturated heterocycles. The van der Waals surface area contributed by atoms with Gasteiger partial charge in [-0.3, -0.25) is 4.79 Å². The minimum Gasteiger partial charge on any atom is -0.323 e. The summed E-state index contributed by atoms with van der Waals surface area (Å²) in [6.07, 6.45) is 2.48. The Morgan fingerprint density at radius 3 is 3.05 bits per heavy atom. The quantitative estimate of drug-likeness (QED) is 0.891. The zero-order valence-electron chi connectivity index (χ0n) is 11.5. The highest BCUT2D eigenvalue weighted by Gasteiger charge is 2.29. The number of hydrogen-bond donors (Lipinski definition) is 2. The lowest BCUT2D eigenvalue weighted by molar-refractivity contribution is -0.118. The summed E-state index contributed by atoms with van der Waals surface area (Å²) in [5.74, 6) is 0.238. The second kappa shape index (κ2) is 5.79. The third kappa shape index (κ3) is 2.88. The highest BCUT2D eigenvalue weighted by molar-refractivity contribution is 6.33. The number of nitrogens with zero attached hydrogens (tertiary/aromatic N) is 4. The van der Waals surface area contributed by atoms with E-state index in [2.05, 4.69) is 33.1 Å². The molecule has 0 bridgehead atoms. The Morgan fingerprint density at radius 1 is 1.52 bits per heavy atom. The third-order valence-corrected chi connectivity index (χ3v) is 3.97. The molecular weight excluding hydrogens is 292 g/mol. The number of benzene rings is 1. The molecule has 0 radical (unpaired) electrons. The van der Waals surface area contributed by atoms with E-state index in [0.29, 0.717) is 16.6 Å². The number of amides is 1. The predicted molar refractivity (Wildman–Crippen MR) is 78.4 cm³/mol. The molecule has 2 unspecified atom stereocenters. The first kappa shape index (κ1) is 14.0. The van der Waals surface area contributed by atoms with Gasteiger partial charge in [0.2, 0.25) is 5.91 Å². The van der Waals surface area contributed by atoms with Crippen LogP contribution in [0, 0.1) is 5.92 Å². The maximum atomic E-state index is 12.3. The zero-order chi connectivity index (χ0) is 14.8. The molecule has 2 atom stereocenters. The highest BCUT2D eigenvalue weighted by atomic mass is 35.5. The number of carbonyl (C=O) groups is 1. The van der Waals surface area contributed by atoms with Crippen LogP contribution in [0.5, 0.6) is 0 Å². The van der Waals surface area contributed by atoms with Crippen LogP contribution in [0.15, 0.2) is 24.5 Å². The van der Waals surface area contributed by atoms with Gasteiger partial charge < -0.3 is 10.6 Å². The van der Waals surface area contributed by atoms with Gasteiger partial charge in [-0.1, -0.05) is 18.5 Å². The van der Waals surface area contributed by atoms with Gasteiger partial charge in [0, 0.05) is 0 Å². The lowest BCUT2D eigenvalue weighted by Gasteiger charge is -2.16. The molecule has 0 saturated carbocycles. The SMILES string of the molecule is CC1CCNC1C(=O)Nc1cc(-n2cnnn2)ccc1Cl. The number of rotatable bonds is 3. The van der Waals surface area contributed by atoms with Crippen LogP contribution in [0.25, 0.3) is 5.69 Å². The second-order valence-electron chi connectivity index (χ2n) is 5.11. The molecule has 2 N–H and O–H groups in total. The number of hydrogen-bond acceptors (Lipinski definition) is 5. The maximum Gasteiger partial charge on any atom is 0.241 e. The zero-order valence-corrected chi connectivity index (χ0v) is 12.2. The highest BCUT2D eigenvalue weighted by Crippen LogP contribution is 2.25. The Morgan fingerprint density at radius 2 is 2.38 bits per heavy atom. The van der Waals surface area contributed by atoms with Crippen molar-refractivity contribution in [2.45, 2.75) is 19.4 Å². The Labute approximate surface area is 126 Å². The lowest BCUT2D eigenvalue weighted by atomic mass is 10.0. The number of halogens is 1. The average molecular weight is 307 g/mol. The molecule has 1 amide bonds. The van der Waals surface area contributed by atoms with Gasteiger partial charge in [0.05, 0.1) is 22.4 Å². The summed E-state index contributed by atoms with van der Waals surface area (Å²) >= 11 is 6.15. The maximum absolute atomic E-state index is 12.3. The van der Waals surface area contributed by atoms with E-state index in [9.17, 15) is 4.79 Å². The summed E-state index contributed by atoms with van der Waals surface area (Å²) in [4.78, 5) is 12.3. The molecule has 8 heteroatoms. The van der Waals surface area contributed by atoms with E-state index in [-0.39, 0.29) is 11.9 Å². The van der Waals surface area contributed by atoms with E-state index in [1.807, 2.05) is 0 Å². The Kier molecular flexibility index (Phi) is 3.85. The van der Waals surface area contributed by atoms with Gasteiger partial charge >= 0.3 is 0 Å². The molecule has 2 aromatic rings. The molecule has 1 fully saturated rings. The summed E-state index contributed by atoms with van der Waals surface area (Å²) in [5, 5.41) is 17.5.